The maximum absolute atomic E-state index is 14.3. The monoisotopic (exact) mass is 752 g/mol. The second-order valence-corrected chi connectivity index (χ2v) is 16.2. The molecule has 11 nitrogen and oxygen atoms in total. The summed E-state index contributed by atoms with van der Waals surface area (Å²) in [6, 6.07) is 20.6. The van der Waals surface area contributed by atoms with Gasteiger partial charge in [-0.25, -0.2) is 13.1 Å². The molecule has 0 saturated heterocycles. The van der Waals surface area contributed by atoms with Gasteiger partial charge in [0.05, 0.1) is 22.5 Å². The van der Waals surface area contributed by atoms with Crippen LogP contribution in [0.3, 0.4) is 0 Å². The normalized spacial score (nSPS) is 16.4. The van der Waals surface area contributed by atoms with Crippen LogP contribution < -0.4 is 25.0 Å². The second kappa shape index (κ2) is 18.1. The molecule has 0 aliphatic carbocycles. The molecule has 1 aliphatic rings. The van der Waals surface area contributed by atoms with Gasteiger partial charge in [0, 0.05) is 23.8 Å². The molecule has 1 aliphatic heterocycles. The number of para-hydroxylation sites is 1. The van der Waals surface area contributed by atoms with E-state index < -0.39 is 51.5 Å². The molecule has 3 aromatic rings. The largest absolute Gasteiger partial charge is 0.483 e. The van der Waals surface area contributed by atoms with E-state index in [-0.39, 0.29) is 17.1 Å². The Morgan fingerprint density at radius 1 is 1.00 bits per heavy atom. The Hall–Kier alpha value is -4.07. The predicted octanol–water partition coefficient (Wildman–Crippen LogP) is 6.95. The van der Waals surface area contributed by atoms with Crippen molar-refractivity contribution in [2.24, 2.45) is 0 Å². The van der Waals surface area contributed by atoms with E-state index in [0.717, 1.165) is 31.4 Å². The summed E-state index contributed by atoms with van der Waals surface area (Å²) in [4.78, 5) is 41.3. The molecule has 0 fully saturated rings. The Labute approximate surface area is 312 Å². The molecular weight excluding hydrogens is 701 g/mol. The number of benzene rings is 3. The number of unbranched alkanes of at least 4 members (excludes halogenated alkanes) is 2. The highest BCUT2D eigenvalue weighted by molar-refractivity contribution is 7.98. The molecular formula is C39H52N4O7S2. The van der Waals surface area contributed by atoms with Gasteiger partial charge in [-0.2, -0.15) is 0 Å². The van der Waals surface area contributed by atoms with Crippen molar-refractivity contribution >= 4 is 50.9 Å². The first kappa shape index (κ1) is 40.7. The van der Waals surface area contributed by atoms with Crippen LogP contribution in [0.4, 0.5) is 11.4 Å². The Kier molecular flexibility index (Phi) is 14.2. The average molecular weight is 753 g/mol. The topological polar surface area (TPSA) is 154 Å². The molecule has 0 spiro atoms. The molecule has 4 N–H and O–H groups in total. The van der Waals surface area contributed by atoms with Gasteiger partial charge in [0.1, 0.15) is 16.7 Å². The maximum atomic E-state index is 14.3. The molecule has 2 atom stereocenters. The van der Waals surface area contributed by atoms with Crippen LogP contribution in [0.1, 0.15) is 90.7 Å². The summed E-state index contributed by atoms with van der Waals surface area (Å²) in [7, 11) is -4.05. The molecule has 282 valence electrons. The molecule has 3 aromatic carbocycles. The highest BCUT2D eigenvalue weighted by Crippen LogP contribution is 2.44. The molecule has 1 heterocycles. The molecule has 0 bridgehead atoms. The summed E-state index contributed by atoms with van der Waals surface area (Å²) in [5, 5.41) is 15.0. The van der Waals surface area contributed by atoms with Crippen molar-refractivity contribution in [2.45, 2.75) is 106 Å². The number of ether oxygens (including phenoxy) is 1. The molecule has 0 aromatic heterocycles. The number of amides is 2. The molecule has 13 heteroatoms. The Bertz CT molecular complexity index is 1780. The molecule has 0 radical (unpaired) electrons. The van der Waals surface area contributed by atoms with Crippen molar-refractivity contribution in [2.75, 3.05) is 24.3 Å². The summed E-state index contributed by atoms with van der Waals surface area (Å²) < 4.78 is 37.8. The number of anilines is 2. The minimum absolute atomic E-state index is 0.0539. The van der Waals surface area contributed by atoms with Crippen molar-refractivity contribution in [3.8, 4) is 5.75 Å². The predicted molar refractivity (Wildman–Crippen MR) is 206 cm³/mol. The average Bonchev–Trinajstić information content (AvgIpc) is 3.22. The fraction of sp³-hybridized carbons (Fsp3) is 0.462. The fourth-order valence-electron chi connectivity index (χ4n) is 6.50. The first-order chi connectivity index (χ1) is 24.8. The van der Waals surface area contributed by atoms with Gasteiger partial charge in [-0.1, -0.05) is 95.0 Å². The number of thioether (sulfide) groups is 1. The zero-order valence-corrected chi connectivity index (χ0v) is 32.4. The van der Waals surface area contributed by atoms with Gasteiger partial charge in [-0.05, 0) is 56.2 Å². The zero-order chi connectivity index (χ0) is 37.9. The number of nitrogens with one attached hydrogen (secondary N) is 3. The van der Waals surface area contributed by atoms with Gasteiger partial charge in [-0.3, -0.25) is 14.4 Å². The van der Waals surface area contributed by atoms with Crippen LogP contribution in [0.15, 0.2) is 82.6 Å². The van der Waals surface area contributed by atoms with Gasteiger partial charge in [0.2, 0.25) is 15.9 Å². The highest BCUT2D eigenvalue weighted by atomic mass is 32.2. The fourth-order valence-corrected chi connectivity index (χ4v) is 8.70. The third-order valence-corrected chi connectivity index (χ3v) is 11.9. The van der Waals surface area contributed by atoms with Crippen LogP contribution >= 0.6 is 11.8 Å². The van der Waals surface area contributed by atoms with Gasteiger partial charge >= 0.3 is 5.97 Å². The van der Waals surface area contributed by atoms with Crippen LogP contribution in [0.25, 0.3) is 0 Å². The van der Waals surface area contributed by atoms with Gasteiger partial charge < -0.3 is 25.4 Å². The second-order valence-electron chi connectivity index (χ2n) is 13.7. The summed E-state index contributed by atoms with van der Waals surface area (Å²) in [6.45, 7) is 7.57. The molecule has 52 heavy (non-hydrogen) atoms. The van der Waals surface area contributed by atoms with Gasteiger partial charge in [-0.15, -0.1) is 11.8 Å². The third-order valence-electron chi connectivity index (χ3n) is 9.53. The minimum Gasteiger partial charge on any atom is -0.483 e. The first-order valence-electron chi connectivity index (χ1n) is 17.9. The summed E-state index contributed by atoms with van der Waals surface area (Å²) >= 11 is 1.37. The number of carbonyl (C=O) groups is 3. The lowest BCUT2D eigenvalue weighted by atomic mass is 9.87. The number of aliphatic carboxylic acids is 1. The highest BCUT2D eigenvalue weighted by Gasteiger charge is 2.42. The smallest absolute Gasteiger partial charge is 0.305 e. The third kappa shape index (κ3) is 10.3. The van der Waals surface area contributed by atoms with E-state index in [2.05, 4.69) is 34.1 Å². The lowest BCUT2D eigenvalue weighted by molar-refractivity contribution is -0.139. The Balaban J connectivity index is 1.67. The number of carboxylic acids is 1. The van der Waals surface area contributed by atoms with Crippen molar-refractivity contribution < 1.29 is 32.6 Å². The van der Waals surface area contributed by atoms with Crippen molar-refractivity contribution in [3.05, 3.63) is 78.4 Å². The number of hydrogen-bond donors (Lipinski definition) is 4. The van der Waals surface area contributed by atoms with Gasteiger partial charge in [0.25, 0.3) is 5.91 Å². The van der Waals surface area contributed by atoms with E-state index in [1.807, 2.05) is 42.7 Å². The Morgan fingerprint density at radius 2 is 1.62 bits per heavy atom. The maximum Gasteiger partial charge on any atom is 0.305 e. The van der Waals surface area contributed by atoms with Crippen LogP contribution in [0.2, 0.25) is 0 Å². The van der Waals surface area contributed by atoms with Crippen LogP contribution in [0.5, 0.6) is 5.75 Å². The van der Waals surface area contributed by atoms with Crippen LogP contribution in [-0.4, -0.2) is 61.8 Å². The van der Waals surface area contributed by atoms with E-state index >= 15 is 0 Å². The van der Waals surface area contributed by atoms with E-state index in [1.54, 1.807) is 44.2 Å². The zero-order valence-electron chi connectivity index (χ0n) is 30.7. The number of hydrogen-bond acceptors (Lipinski definition) is 8. The molecule has 0 saturated carbocycles. The lowest BCUT2D eigenvalue weighted by Gasteiger charge is -2.37. The van der Waals surface area contributed by atoms with Crippen molar-refractivity contribution in [1.29, 1.82) is 0 Å². The molecule has 0 unspecified atom stereocenters. The standard InChI is InChI=1S/C39H52N4O7S2/c1-6-9-21-39(22-10-7-2)27-43(29-19-15-12-16-20-29)30-23-32(51-5)31(24-33(30)52(48,49)42-39)50-26-34(44)40-36(28-17-13-11-14-18-28)37(47)41-38(4,8-3)25-35(45)46/h11-20,23-24,36,42H,6-10,21-22,25-27H2,1-5H3,(H,40,44)(H,41,47)(H,45,46)/t36-,38+/m1/s1. The number of sulfonamides is 1. The SMILES string of the molecule is CCCCC1(CCCC)CN(c2ccccc2)c2cc(SC)c(OCC(=O)N[C@@H](C(=O)N[C@@](C)(CC)CC(=O)O)c3ccccc3)cc2S(=O)(=O)N1. The van der Waals surface area contributed by atoms with E-state index in [9.17, 15) is 27.9 Å². The molecule has 2 amide bonds. The quantitative estimate of drug-likeness (QED) is 0.101. The van der Waals surface area contributed by atoms with E-state index in [4.69, 9.17) is 4.74 Å². The first-order valence-corrected chi connectivity index (χ1v) is 20.6. The number of nitrogens with zero attached hydrogens (tertiary/aromatic N) is 1. The van der Waals surface area contributed by atoms with Crippen LogP contribution in [-0.2, 0) is 24.4 Å². The van der Waals surface area contributed by atoms with Gasteiger partial charge in [0.15, 0.2) is 6.61 Å². The lowest BCUT2D eigenvalue weighted by Crippen LogP contribution is -2.53. The van der Waals surface area contributed by atoms with Crippen LogP contribution in [0, 0.1) is 0 Å². The Morgan fingerprint density at radius 3 is 2.17 bits per heavy atom. The number of carboxylic acid groups (broad SMARTS) is 1. The minimum atomic E-state index is -4.05. The summed E-state index contributed by atoms with van der Waals surface area (Å²) in [6.07, 6.45) is 6.88. The number of fused-ring (bicyclic) bond motifs is 1. The number of carbonyl (C=O) groups excluding carboxylic acids is 2. The van der Waals surface area contributed by atoms with E-state index in [0.29, 0.717) is 42.0 Å². The summed E-state index contributed by atoms with van der Waals surface area (Å²) in [5.41, 5.74) is 0.156. The van der Waals surface area contributed by atoms with E-state index in [1.165, 1.54) is 17.8 Å². The van der Waals surface area contributed by atoms with Crippen molar-refractivity contribution in [3.63, 3.8) is 0 Å². The molecule has 4 rings (SSSR count). The number of rotatable bonds is 18. The van der Waals surface area contributed by atoms with Crippen molar-refractivity contribution in [1.82, 2.24) is 15.4 Å². The summed E-state index contributed by atoms with van der Waals surface area (Å²) in [5.74, 6) is -2.02.